The van der Waals surface area contributed by atoms with E-state index in [0.29, 0.717) is 10.7 Å². The van der Waals surface area contributed by atoms with Gasteiger partial charge in [0, 0.05) is 24.0 Å². The fourth-order valence-corrected chi connectivity index (χ4v) is 3.12. The van der Waals surface area contributed by atoms with Gasteiger partial charge in [-0.15, -0.1) is 0 Å². The molecule has 0 heterocycles. The first-order valence-electron chi connectivity index (χ1n) is 7.28. The Kier molecular flexibility index (Phi) is 5.51. The molecule has 0 saturated carbocycles. The molecule has 1 N–H and O–H groups in total. The fraction of sp³-hybridized carbons (Fsp3) is 0.235. The normalized spacial score (nSPS) is 12.5. The number of sulfone groups is 1. The zero-order chi connectivity index (χ0) is 17.9. The molecule has 2 amide bonds. The molecule has 0 aliphatic rings. The molecule has 0 radical (unpaired) electrons. The molecule has 2 aromatic carbocycles. The molecule has 0 aliphatic heterocycles. The van der Waals surface area contributed by atoms with Crippen molar-refractivity contribution in [2.45, 2.75) is 17.9 Å². The lowest BCUT2D eigenvalue weighted by atomic mass is 10.1. The summed E-state index contributed by atoms with van der Waals surface area (Å²) in [6.45, 7) is 1.88. The molecular formula is C17H19ClN2O3S. The molecule has 5 nitrogen and oxygen atoms in total. The molecule has 0 aromatic heterocycles. The highest BCUT2D eigenvalue weighted by molar-refractivity contribution is 7.90. The molecule has 0 aliphatic carbocycles. The van der Waals surface area contributed by atoms with E-state index in [2.05, 4.69) is 5.32 Å². The van der Waals surface area contributed by atoms with Gasteiger partial charge in [0.2, 0.25) is 0 Å². The van der Waals surface area contributed by atoms with Crippen LogP contribution in [0.1, 0.15) is 18.5 Å². The number of halogens is 1. The van der Waals surface area contributed by atoms with Gasteiger partial charge in [-0.1, -0.05) is 29.8 Å². The van der Waals surface area contributed by atoms with Crippen molar-refractivity contribution in [3.05, 3.63) is 59.1 Å². The number of rotatable bonds is 4. The van der Waals surface area contributed by atoms with Gasteiger partial charge in [0.25, 0.3) is 0 Å². The second-order valence-corrected chi connectivity index (χ2v) is 7.96. The van der Waals surface area contributed by atoms with Crippen molar-refractivity contribution >= 4 is 33.2 Å². The number of nitrogens with zero attached hydrogens (tertiary/aromatic N) is 1. The van der Waals surface area contributed by atoms with Gasteiger partial charge in [0.05, 0.1) is 10.9 Å². The van der Waals surface area contributed by atoms with Gasteiger partial charge in [-0.05, 0) is 42.8 Å². The van der Waals surface area contributed by atoms with E-state index in [1.54, 1.807) is 25.2 Å². The molecule has 0 fully saturated rings. The largest absolute Gasteiger partial charge is 0.322 e. The van der Waals surface area contributed by atoms with Crippen LogP contribution in [0, 0.1) is 0 Å². The van der Waals surface area contributed by atoms with E-state index in [-0.39, 0.29) is 17.0 Å². The van der Waals surface area contributed by atoms with Crippen molar-refractivity contribution in [3.63, 3.8) is 0 Å². The van der Waals surface area contributed by atoms with Crippen LogP contribution in [0.15, 0.2) is 53.4 Å². The van der Waals surface area contributed by atoms with E-state index < -0.39 is 9.84 Å². The van der Waals surface area contributed by atoms with Crippen molar-refractivity contribution < 1.29 is 13.2 Å². The molecule has 24 heavy (non-hydrogen) atoms. The molecular weight excluding hydrogens is 348 g/mol. The Bertz CT molecular complexity index is 835. The predicted octanol–water partition coefficient (Wildman–Crippen LogP) is 3.97. The van der Waals surface area contributed by atoms with Crippen molar-refractivity contribution in [2.75, 3.05) is 18.6 Å². The van der Waals surface area contributed by atoms with Gasteiger partial charge >= 0.3 is 6.03 Å². The lowest BCUT2D eigenvalue weighted by Crippen LogP contribution is -2.33. The SMILES string of the molecule is C[C@H](c1ccccc1Cl)N(C)C(=O)Nc1ccc(S(C)(=O)=O)cc1. The van der Waals surface area contributed by atoms with Gasteiger partial charge in [-0.25, -0.2) is 13.2 Å². The fourth-order valence-electron chi connectivity index (χ4n) is 2.20. The number of carbonyl (C=O) groups excluding carboxylic acids is 1. The van der Waals surface area contributed by atoms with Gasteiger partial charge in [-0.2, -0.15) is 0 Å². The number of amides is 2. The summed E-state index contributed by atoms with van der Waals surface area (Å²) in [5, 5.41) is 3.34. The first-order valence-corrected chi connectivity index (χ1v) is 9.55. The number of carbonyl (C=O) groups is 1. The van der Waals surface area contributed by atoms with E-state index in [4.69, 9.17) is 11.6 Å². The molecule has 2 rings (SSSR count). The van der Waals surface area contributed by atoms with Gasteiger partial charge in [0.15, 0.2) is 9.84 Å². The van der Waals surface area contributed by atoms with Crippen LogP contribution >= 0.6 is 11.6 Å². The van der Waals surface area contributed by atoms with Crippen molar-refractivity contribution in [3.8, 4) is 0 Å². The van der Waals surface area contributed by atoms with Crippen molar-refractivity contribution in [2.24, 2.45) is 0 Å². The molecule has 2 aromatic rings. The Labute approximate surface area is 147 Å². The van der Waals surface area contributed by atoms with Crippen LogP contribution in [-0.4, -0.2) is 32.7 Å². The number of nitrogens with one attached hydrogen (secondary N) is 1. The number of benzene rings is 2. The summed E-state index contributed by atoms with van der Waals surface area (Å²) in [7, 11) is -1.58. The van der Waals surface area contributed by atoms with Crippen LogP contribution in [0.25, 0.3) is 0 Å². The minimum Gasteiger partial charge on any atom is -0.321 e. The first kappa shape index (κ1) is 18.3. The topological polar surface area (TPSA) is 66.5 Å². The highest BCUT2D eigenvalue weighted by Gasteiger charge is 2.19. The average Bonchev–Trinajstić information content (AvgIpc) is 2.53. The van der Waals surface area contributed by atoms with Crippen molar-refractivity contribution in [1.82, 2.24) is 4.90 Å². The summed E-state index contributed by atoms with van der Waals surface area (Å²) in [6, 6.07) is 12.9. The van der Waals surface area contributed by atoms with Gasteiger partial charge in [0.1, 0.15) is 0 Å². The molecule has 128 valence electrons. The second-order valence-electron chi connectivity index (χ2n) is 5.54. The summed E-state index contributed by atoms with van der Waals surface area (Å²) in [5.74, 6) is 0. The average molecular weight is 367 g/mol. The maximum absolute atomic E-state index is 12.4. The third-order valence-corrected chi connectivity index (χ3v) is 5.26. The third kappa shape index (κ3) is 4.27. The highest BCUT2D eigenvalue weighted by Crippen LogP contribution is 2.26. The minimum atomic E-state index is -3.26. The molecule has 0 unspecified atom stereocenters. The molecule has 7 heteroatoms. The number of hydrogen-bond donors (Lipinski definition) is 1. The smallest absolute Gasteiger partial charge is 0.321 e. The quantitative estimate of drug-likeness (QED) is 0.890. The van der Waals surface area contributed by atoms with Gasteiger partial charge < -0.3 is 10.2 Å². The molecule has 0 bridgehead atoms. The Morgan fingerprint density at radius 1 is 1.12 bits per heavy atom. The first-order chi connectivity index (χ1) is 11.2. The monoisotopic (exact) mass is 366 g/mol. The van der Waals surface area contributed by atoms with Crippen LogP contribution in [0.5, 0.6) is 0 Å². The Morgan fingerprint density at radius 2 is 1.71 bits per heavy atom. The van der Waals surface area contributed by atoms with Gasteiger partial charge in [-0.3, -0.25) is 0 Å². The van der Waals surface area contributed by atoms with E-state index in [1.807, 2.05) is 25.1 Å². The lowest BCUT2D eigenvalue weighted by Gasteiger charge is -2.26. The van der Waals surface area contributed by atoms with Crippen LogP contribution in [-0.2, 0) is 9.84 Å². The van der Waals surface area contributed by atoms with Crippen molar-refractivity contribution in [1.29, 1.82) is 0 Å². The second kappa shape index (κ2) is 7.23. The van der Waals surface area contributed by atoms with E-state index in [0.717, 1.165) is 11.8 Å². The number of anilines is 1. The highest BCUT2D eigenvalue weighted by atomic mass is 35.5. The van der Waals surface area contributed by atoms with Crippen LogP contribution in [0.2, 0.25) is 5.02 Å². The van der Waals surface area contributed by atoms with E-state index >= 15 is 0 Å². The summed E-state index contributed by atoms with van der Waals surface area (Å²) in [5.41, 5.74) is 1.37. The standard InChI is InChI=1S/C17H19ClN2O3S/c1-12(15-6-4-5-7-16(15)18)20(2)17(21)19-13-8-10-14(11-9-13)24(3,22)23/h4-12H,1-3H3,(H,19,21)/t12-/m1/s1. The maximum atomic E-state index is 12.4. The Balaban J connectivity index is 2.10. The van der Waals surface area contributed by atoms with Crippen LogP contribution in [0.4, 0.5) is 10.5 Å². The van der Waals surface area contributed by atoms with Crippen LogP contribution < -0.4 is 5.32 Å². The minimum absolute atomic E-state index is 0.207. The zero-order valence-electron chi connectivity index (χ0n) is 13.7. The molecule has 0 saturated heterocycles. The summed E-state index contributed by atoms with van der Waals surface area (Å²) in [6.07, 6.45) is 1.14. The summed E-state index contributed by atoms with van der Waals surface area (Å²) < 4.78 is 22.9. The zero-order valence-corrected chi connectivity index (χ0v) is 15.2. The summed E-state index contributed by atoms with van der Waals surface area (Å²) >= 11 is 6.17. The predicted molar refractivity (Wildman–Crippen MR) is 96.2 cm³/mol. The molecule has 1 atom stereocenters. The van der Waals surface area contributed by atoms with E-state index in [1.165, 1.54) is 17.0 Å². The number of urea groups is 1. The molecule has 0 spiro atoms. The number of hydrogen-bond acceptors (Lipinski definition) is 3. The van der Waals surface area contributed by atoms with Crippen LogP contribution in [0.3, 0.4) is 0 Å². The Morgan fingerprint density at radius 3 is 2.25 bits per heavy atom. The summed E-state index contributed by atoms with van der Waals surface area (Å²) in [4.78, 5) is 14.1. The Hall–Kier alpha value is -2.05. The lowest BCUT2D eigenvalue weighted by molar-refractivity contribution is 0.208. The van der Waals surface area contributed by atoms with E-state index in [9.17, 15) is 13.2 Å². The third-order valence-electron chi connectivity index (χ3n) is 3.79. The maximum Gasteiger partial charge on any atom is 0.322 e.